The molecule has 0 rings (SSSR count). The topological polar surface area (TPSA) is 64.4 Å². The third-order valence-corrected chi connectivity index (χ3v) is 2.49. The highest BCUT2D eigenvalue weighted by Crippen LogP contribution is 2.13. The Morgan fingerprint density at radius 3 is 2.41 bits per heavy atom. The summed E-state index contributed by atoms with van der Waals surface area (Å²) in [6.45, 7) is 9.99. The van der Waals surface area contributed by atoms with Gasteiger partial charge in [-0.25, -0.2) is 0 Å². The second-order valence-corrected chi connectivity index (χ2v) is 5.20. The molecule has 0 aliphatic rings. The molecule has 0 aromatic carbocycles. The SMILES string of the molecule is CC(C)C[C@H](CN)CC(=O)NCCOC(C)C. The van der Waals surface area contributed by atoms with E-state index in [1.807, 2.05) is 13.8 Å². The summed E-state index contributed by atoms with van der Waals surface area (Å²) in [5, 5.41) is 2.86. The number of carbonyl (C=O) groups excluding carboxylic acids is 1. The molecule has 0 saturated heterocycles. The molecule has 0 aromatic rings. The lowest BCUT2D eigenvalue weighted by Gasteiger charge is -2.16. The first-order chi connectivity index (χ1) is 7.95. The maximum absolute atomic E-state index is 11.6. The minimum absolute atomic E-state index is 0.0773. The van der Waals surface area contributed by atoms with E-state index in [1.165, 1.54) is 0 Å². The number of nitrogens with one attached hydrogen (secondary N) is 1. The van der Waals surface area contributed by atoms with Gasteiger partial charge >= 0.3 is 0 Å². The summed E-state index contributed by atoms with van der Waals surface area (Å²) >= 11 is 0. The lowest BCUT2D eigenvalue weighted by Crippen LogP contribution is -2.31. The predicted octanol–water partition coefficient (Wildman–Crippen LogP) is 1.54. The van der Waals surface area contributed by atoms with Gasteiger partial charge in [-0.2, -0.15) is 0 Å². The Balaban J connectivity index is 3.68. The van der Waals surface area contributed by atoms with Crippen LogP contribution in [0.1, 0.15) is 40.5 Å². The van der Waals surface area contributed by atoms with E-state index in [9.17, 15) is 4.79 Å². The van der Waals surface area contributed by atoms with Crippen molar-refractivity contribution in [2.75, 3.05) is 19.7 Å². The van der Waals surface area contributed by atoms with Crippen molar-refractivity contribution in [1.29, 1.82) is 0 Å². The number of hydrogen-bond acceptors (Lipinski definition) is 3. The van der Waals surface area contributed by atoms with Crippen molar-refractivity contribution in [1.82, 2.24) is 5.32 Å². The molecule has 0 heterocycles. The van der Waals surface area contributed by atoms with Gasteiger partial charge in [-0.05, 0) is 38.6 Å². The molecule has 1 atom stereocenters. The second-order valence-electron chi connectivity index (χ2n) is 5.20. The Hall–Kier alpha value is -0.610. The molecule has 0 aromatic heterocycles. The normalized spacial score (nSPS) is 13.1. The van der Waals surface area contributed by atoms with E-state index in [0.29, 0.717) is 38.0 Å². The number of carbonyl (C=O) groups is 1. The monoisotopic (exact) mass is 244 g/mol. The summed E-state index contributed by atoms with van der Waals surface area (Å²) < 4.78 is 5.35. The van der Waals surface area contributed by atoms with Crippen LogP contribution in [0.5, 0.6) is 0 Å². The third-order valence-electron chi connectivity index (χ3n) is 2.49. The maximum Gasteiger partial charge on any atom is 0.220 e. The summed E-state index contributed by atoms with van der Waals surface area (Å²) in [4.78, 5) is 11.6. The Morgan fingerprint density at radius 2 is 1.94 bits per heavy atom. The molecule has 0 bridgehead atoms. The van der Waals surface area contributed by atoms with Gasteiger partial charge in [0.2, 0.25) is 5.91 Å². The summed E-state index contributed by atoms with van der Waals surface area (Å²) in [6, 6.07) is 0. The van der Waals surface area contributed by atoms with Crippen LogP contribution in [0, 0.1) is 11.8 Å². The summed E-state index contributed by atoms with van der Waals surface area (Å²) in [5.74, 6) is 0.954. The molecular formula is C13H28N2O2. The highest BCUT2D eigenvalue weighted by atomic mass is 16.5. The quantitative estimate of drug-likeness (QED) is 0.605. The van der Waals surface area contributed by atoms with Crippen molar-refractivity contribution in [3.05, 3.63) is 0 Å². The zero-order valence-corrected chi connectivity index (χ0v) is 11.7. The first-order valence-electron chi connectivity index (χ1n) is 6.54. The van der Waals surface area contributed by atoms with Crippen molar-refractivity contribution in [3.8, 4) is 0 Å². The molecule has 0 unspecified atom stereocenters. The van der Waals surface area contributed by atoms with Crippen LogP contribution in [0.4, 0.5) is 0 Å². The van der Waals surface area contributed by atoms with Gasteiger partial charge in [-0.15, -0.1) is 0 Å². The van der Waals surface area contributed by atoms with E-state index in [4.69, 9.17) is 10.5 Å². The minimum atomic E-state index is 0.0773. The molecule has 17 heavy (non-hydrogen) atoms. The zero-order chi connectivity index (χ0) is 13.3. The highest BCUT2D eigenvalue weighted by molar-refractivity contribution is 5.76. The van der Waals surface area contributed by atoms with Crippen molar-refractivity contribution in [2.45, 2.75) is 46.6 Å². The number of amides is 1. The molecule has 4 heteroatoms. The van der Waals surface area contributed by atoms with Crippen molar-refractivity contribution >= 4 is 5.91 Å². The van der Waals surface area contributed by atoms with Crippen LogP contribution < -0.4 is 11.1 Å². The molecule has 0 fully saturated rings. The fourth-order valence-corrected chi connectivity index (χ4v) is 1.75. The van der Waals surface area contributed by atoms with E-state index < -0.39 is 0 Å². The first-order valence-corrected chi connectivity index (χ1v) is 6.54. The maximum atomic E-state index is 11.6. The Morgan fingerprint density at radius 1 is 1.29 bits per heavy atom. The minimum Gasteiger partial charge on any atom is -0.377 e. The van der Waals surface area contributed by atoms with E-state index in [0.717, 1.165) is 6.42 Å². The van der Waals surface area contributed by atoms with Gasteiger partial charge < -0.3 is 15.8 Å². The Kier molecular flexibility index (Phi) is 9.09. The molecule has 1 amide bonds. The zero-order valence-electron chi connectivity index (χ0n) is 11.7. The fourth-order valence-electron chi connectivity index (χ4n) is 1.75. The van der Waals surface area contributed by atoms with Crippen molar-refractivity contribution in [3.63, 3.8) is 0 Å². The fraction of sp³-hybridized carbons (Fsp3) is 0.923. The van der Waals surface area contributed by atoms with Gasteiger partial charge in [-0.1, -0.05) is 13.8 Å². The van der Waals surface area contributed by atoms with Crippen LogP contribution >= 0.6 is 0 Å². The van der Waals surface area contributed by atoms with Gasteiger partial charge in [0.25, 0.3) is 0 Å². The van der Waals surface area contributed by atoms with E-state index in [2.05, 4.69) is 19.2 Å². The third kappa shape index (κ3) is 10.3. The molecular weight excluding hydrogens is 216 g/mol. The van der Waals surface area contributed by atoms with Crippen LogP contribution in [0.25, 0.3) is 0 Å². The molecule has 0 aliphatic heterocycles. The van der Waals surface area contributed by atoms with Crippen LogP contribution in [0.3, 0.4) is 0 Å². The average Bonchev–Trinajstić information content (AvgIpc) is 2.22. The van der Waals surface area contributed by atoms with Crippen LogP contribution in [0.15, 0.2) is 0 Å². The molecule has 4 nitrogen and oxygen atoms in total. The largest absolute Gasteiger partial charge is 0.377 e. The predicted molar refractivity (Wildman–Crippen MR) is 70.7 cm³/mol. The van der Waals surface area contributed by atoms with Crippen molar-refractivity contribution in [2.24, 2.45) is 17.6 Å². The lowest BCUT2D eigenvalue weighted by atomic mass is 9.94. The van der Waals surface area contributed by atoms with Gasteiger partial charge in [0.15, 0.2) is 0 Å². The van der Waals surface area contributed by atoms with Crippen LogP contribution in [-0.4, -0.2) is 31.7 Å². The molecule has 0 saturated carbocycles. The average molecular weight is 244 g/mol. The molecule has 102 valence electrons. The van der Waals surface area contributed by atoms with Crippen molar-refractivity contribution < 1.29 is 9.53 Å². The number of hydrogen-bond donors (Lipinski definition) is 2. The van der Waals surface area contributed by atoms with Crippen LogP contribution in [-0.2, 0) is 9.53 Å². The summed E-state index contributed by atoms with van der Waals surface area (Å²) in [6.07, 6.45) is 1.74. The first kappa shape index (κ1) is 16.4. The smallest absolute Gasteiger partial charge is 0.220 e. The highest BCUT2D eigenvalue weighted by Gasteiger charge is 2.13. The Bertz CT molecular complexity index is 206. The Labute approximate surface area is 105 Å². The van der Waals surface area contributed by atoms with Gasteiger partial charge in [0.05, 0.1) is 12.7 Å². The lowest BCUT2D eigenvalue weighted by molar-refractivity contribution is -0.122. The second kappa shape index (κ2) is 9.42. The van der Waals surface area contributed by atoms with E-state index >= 15 is 0 Å². The number of rotatable bonds is 9. The number of nitrogens with two attached hydrogens (primary N) is 1. The van der Waals surface area contributed by atoms with E-state index in [-0.39, 0.29) is 12.0 Å². The van der Waals surface area contributed by atoms with Gasteiger partial charge in [-0.3, -0.25) is 4.79 Å². The molecule has 0 radical (unpaired) electrons. The van der Waals surface area contributed by atoms with Crippen LogP contribution in [0.2, 0.25) is 0 Å². The standard InChI is InChI=1S/C13H28N2O2/c1-10(2)7-12(9-14)8-13(16)15-5-6-17-11(3)4/h10-12H,5-9,14H2,1-4H3,(H,15,16)/t12-/m0/s1. The molecule has 0 aliphatic carbocycles. The van der Waals surface area contributed by atoms with Gasteiger partial charge in [0.1, 0.15) is 0 Å². The molecule has 3 N–H and O–H groups in total. The summed E-state index contributed by atoms with van der Waals surface area (Å²) in [5.41, 5.74) is 5.66. The molecule has 0 spiro atoms. The van der Waals surface area contributed by atoms with E-state index in [1.54, 1.807) is 0 Å². The van der Waals surface area contributed by atoms with Gasteiger partial charge in [0, 0.05) is 13.0 Å². The summed E-state index contributed by atoms with van der Waals surface area (Å²) in [7, 11) is 0. The number of ether oxygens (including phenoxy) is 1.